The number of carbonyl (C=O) groups is 1. The average Bonchev–Trinajstić information content (AvgIpc) is 2.94. The molecule has 0 saturated heterocycles. The lowest BCUT2D eigenvalue weighted by Gasteiger charge is -2.27. The van der Waals surface area contributed by atoms with Crippen molar-refractivity contribution in [1.82, 2.24) is 0 Å². The molecule has 0 aromatic heterocycles. The first-order valence-electron chi connectivity index (χ1n) is 7.09. The molecule has 0 fully saturated rings. The van der Waals surface area contributed by atoms with Gasteiger partial charge in [0, 0.05) is 11.5 Å². The highest BCUT2D eigenvalue weighted by Gasteiger charge is 2.53. The Kier molecular flexibility index (Phi) is 2.29. The van der Waals surface area contributed by atoms with Crippen LogP contribution in [-0.4, -0.2) is 5.78 Å². The van der Waals surface area contributed by atoms with Gasteiger partial charge in [-0.1, -0.05) is 54.6 Å². The van der Waals surface area contributed by atoms with Crippen molar-refractivity contribution < 1.29 is 4.79 Å². The minimum atomic E-state index is -0.324. The summed E-state index contributed by atoms with van der Waals surface area (Å²) < 4.78 is 0. The smallest absolute Gasteiger partial charge is 0.170 e. The van der Waals surface area contributed by atoms with Gasteiger partial charge in [-0.15, -0.1) is 6.58 Å². The summed E-state index contributed by atoms with van der Waals surface area (Å²) in [4.78, 5) is 13.0. The van der Waals surface area contributed by atoms with E-state index in [-0.39, 0.29) is 11.3 Å². The molecule has 0 unspecified atom stereocenters. The monoisotopic (exact) mass is 260 g/mol. The maximum absolute atomic E-state index is 13.0. The number of benzene rings is 2. The predicted molar refractivity (Wildman–Crippen MR) is 80.0 cm³/mol. The van der Waals surface area contributed by atoms with Crippen LogP contribution in [0.2, 0.25) is 0 Å². The van der Waals surface area contributed by atoms with E-state index >= 15 is 0 Å². The van der Waals surface area contributed by atoms with Crippen LogP contribution in [0.25, 0.3) is 0 Å². The molecule has 1 heteroatoms. The molecule has 2 aliphatic carbocycles. The number of hydrogen-bond donors (Lipinski definition) is 0. The molecule has 0 aliphatic heterocycles. The van der Waals surface area contributed by atoms with Crippen molar-refractivity contribution in [2.45, 2.75) is 18.8 Å². The summed E-state index contributed by atoms with van der Waals surface area (Å²) >= 11 is 0. The fraction of sp³-hybridized carbons (Fsp3) is 0.211. The van der Waals surface area contributed by atoms with Crippen LogP contribution in [0.15, 0.2) is 61.2 Å². The van der Waals surface area contributed by atoms with Crippen LogP contribution in [0.4, 0.5) is 0 Å². The summed E-state index contributed by atoms with van der Waals surface area (Å²) in [5.41, 5.74) is 4.36. The molecule has 2 aromatic rings. The van der Waals surface area contributed by atoms with Crippen LogP contribution in [0, 0.1) is 5.41 Å². The summed E-state index contributed by atoms with van der Waals surface area (Å²) in [6.07, 6.45) is 3.65. The molecule has 0 heterocycles. The Hall–Kier alpha value is -2.15. The Balaban J connectivity index is 1.89. The second-order valence-electron chi connectivity index (χ2n) is 5.91. The Morgan fingerprint density at radius 2 is 1.65 bits per heavy atom. The SMILES string of the molecule is C=C[C@@H]1c2ccccc2C[C@]12Cc1ccccc1C2=O. The van der Waals surface area contributed by atoms with Gasteiger partial charge in [-0.2, -0.15) is 0 Å². The highest BCUT2D eigenvalue weighted by atomic mass is 16.1. The largest absolute Gasteiger partial charge is 0.293 e. The molecule has 0 N–H and O–H groups in total. The Bertz CT molecular complexity index is 724. The zero-order valence-electron chi connectivity index (χ0n) is 11.3. The number of allylic oxidation sites excluding steroid dienone is 1. The molecule has 1 nitrogen and oxygen atoms in total. The van der Waals surface area contributed by atoms with Gasteiger partial charge < -0.3 is 0 Å². The fourth-order valence-electron chi connectivity index (χ4n) is 4.08. The van der Waals surface area contributed by atoms with E-state index in [2.05, 4.69) is 36.9 Å². The third-order valence-corrected chi connectivity index (χ3v) is 4.95. The molecule has 98 valence electrons. The summed E-state index contributed by atoms with van der Waals surface area (Å²) in [5.74, 6) is 0.438. The first-order valence-corrected chi connectivity index (χ1v) is 7.09. The van der Waals surface area contributed by atoms with Gasteiger partial charge in [-0.25, -0.2) is 0 Å². The van der Waals surface area contributed by atoms with E-state index in [1.54, 1.807) is 0 Å². The molecular formula is C19H16O. The maximum Gasteiger partial charge on any atom is 0.170 e. The van der Waals surface area contributed by atoms with Gasteiger partial charge in [-0.05, 0) is 29.5 Å². The summed E-state index contributed by atoms with van der Waals surface area (Å²) in [5, 5.41) is 0. The molecule has 0 radical (unpaired) electrons. The van der Waals surface area contributed by atoms with Crippen LogP contribution in [0.3, 0.4) is 0 Å². The van der Waals surface area contributed by atoms with Gasteiger partial charge in [0.05, 0.1) is 5.41 Å². The second-order valence-corrected chi connectivity index (χ2v) is 5.91. The fourth-order valence-corrected chi connectivity index (χ4v) is 4.08. The van der Waals surface area contributed by atoms with Crippen LogP contribution in [0.5, 0.6) is 0 Å². The van der Waals surface area contributed by atoms with Gasteiger partial charge in [-0.3, -0.25) is 4.79 Å². The lowest BCUT2D eigenvalue weighted by Crippen LogP contribution is -2.32. The molecule has 0 amide bonds. The van der Waals surface area contributed by atoms with Crippen molar-refractivity contribution in [3.63, 3.8) is 0 Å². The maximum atomic E-state index is 13.0. The van der Waals surface area contributed by atoms with E-state index in [1.165, 1.54) is 16.7 Å². The lowest BCUT2D eigenvalue weighted by molar-refractivity contribution is 0.0812. The molecular weight excluding hydrogens is 244 g/mol. The number of hydrogen-bond acceptors (Lipinski definition) is 1. The molecule has 1 spiro atoms. The quantitative estimate of drug-likeness (QED) is 0.710. The topological polar surface area (TPSA) is 17.1 Å². The third kappa shape index (κ3) is 1.30. The normalized spacial score (nSPS) is 26.6. The second kappa shape index (κ2) is 3.92. The highest BCUT2D eigenvalue weighted by Crippen LogP contribution is 2.54. The molecule has 2 aromatic carbocycles. The minimum Gasteiger partial charge on any atom is -0.293 e. The van der Waals surface area contributed by atoms with Crippen molar-refractivity contribution >= 4 is 5.78 Å². The Morgan fingerprint density at radius 3 is 2.40 bits per heavy atom. The third-order valence-electron chi connectivity index (χ3n) is 4.95. The van der Waals surface area contributed by atoms with Crippen molar-refractivity contribution in [2.75, 3.05) is 0 Å². The standard InChI is InChI=1S/C19H16O/c1-2-17-15-9-5-3-7-13(15)11-19(17)12-14-8-4-6-10-16(14)18(19)20/h2-10,17H,1,11-12H2/t17-,19+/m1/s1. The van der Waals surface area contributed by atoms with E-state index < -0.39 is 0 Å². The van der Waals surface area contributed by atoms with Gasteiger partial charge in [0.25, 0.3) is 0 Å². The van der Waals surface area contributed by atoms with Gasteiger partial charge in [0.15, 0.2) is 5.78 Å². The lowest BCUT2D eigenvalue weighted by atomic mass is 9.73. The minimum absolute atomic E-state index is 0.138. The number of fused-ring (bicyclic) bond motifs is 2. The van der Waals surface area contributed by atoms with E-state index in [9.17, 15) is 4.79 Å². The Labute approximate surface area is 119 Å². The van der Waals surface area contributed by atoms with E-state index in [1.807, 2.05) is 24.3 Å². The van der Waals surface area contributed by atoms with Crippen molar-refractivity contribution in [1.29, 1.82) is 0 Å². The molecule has 2 atom stereocenters. The summed E-state index contributed by atoms with van der Waals surface area (Å²) in [6.45, 7) is 4.01. The van der Waals surface area contributed by atoms with Gasteiger partial charge in [0.1, 0.15) is 0 Å². The predicted octanol–water partition coefficient (Wildman–Crippen LogP) is 3.94. The van der Waals surface area contributed by atoms with Gasteiger partial charge >= 0.3 is 0 Å². The number of rotatable bonds is 1. The Morgan fingerprint density at radius 1 is 1.00 bits per heavy atom. The number of Topliss-reactive ketones (excluding diaryl/α,β-unsaturated/α-hetero) is 1. The summed E-state index contributed by atoms with van der Waals surface area (Å²) in [7, 11) is 0. The first-order chi connectivity index (χ1) is 9.76. The molecule has 0 saturated carbocycles. The first kappa shape index (κ1) is 11.7. The van der Waals surface area contributed by atoms with Crippen molar-refractivity contribution in [3.05, 3.63) is 83.4 Å². The van der Waals surface area contributed by atoms with Crippen LogP contribution >= 0.6 is 0 Å². The van der Waals surface area contributed by atoms with E-state index in [0.29, 0.717) is 5.78 Å². The molecule has 0 bridgehead atoms. The van der Waals surface area contributed by atoms with E-state index in [0.717, 1.165) is 18.4 Å². The van der Waals surface area contributed by atoms with Crippen LogP contribution in [-0.2, 0) is 12.8 Å². The zero-order chi connectivity index (χ0) is 13.7. The highest BCUT2D eigenvalue weighted by molar-refractivity contribution is 6.06. The molecule has 2 aliphatic rings. The van der Waals surface area contributed by atoms with Crippen LogP contribution in [0.1, 0.15) is 33.0 Å². The molecule has 4 rings (SSSR count). The van der Waals surface area contributed by atoms with Crippen LogP contribution < -0.4 is 0 Å². The average molecular weight is 260 g/mol. The zero-order valence-corrected chi connectivity index (χ0v) is 11.3. The molecule has 20 heavy (non-hydrogen) atoms. The van der Waals surface area contributed by atoms with Crippen molar-refractivity contribution in [3.8, 4) is 0 Å². The van der Waals surface area contributed by atoms with Crippen molar-refractivity contribution in [2.24, 2.45) is 5.41 Å². The van der Waals surface area contributed by atoms with E-state index in [4.69, 9.17) is 0 Å². The number of ketones is 1. The summed E-state index contributed by atoms with van der Waals surface area (Å²) in [6, 6.07) is 16.5. The van der Waals surface area contributed by atoms with Gasteiger partial charge in [0.2, 0.25) is 0 Å². The number of carbonyl (C=O) groups excluding carboxylic acids is 1.